The van der Waals surface area contributed by atoms with Crippen molar-refractivity contribution in [1.82, 2.24) is 9.97 Å². The Morgan fingerprint density at radius 2 is 1.91 bits per heavy atom. The van der Waals surface area contributed by atoms with Crippen LogP contribution in [-0.4, -0.2) is 36.6 Å². The average molecular weight is 317 g/mol. The summed E-state index contributed by atoms with van der Waals surface area (Å²) in [6.07, 6.45) is 1.49. The number of halogens is 1. The van der Waals surface area contributed by atoms with E-state index in [2.05, 4.69) is 9.97 Å². The SMILES string of the molecule is COc1cc(OC)nc(C(=O)N2CCCc3cccc(F)c32)n1. The molecule has 2 heterocycles. The maximum Gasteiger partial charge on any atom is 0.296 e. The molecule has 1 aromatic heterocycles. The van der Waals surface area contributed by atoms with Gasteiger partial charge in [0.2, 0.25) is 17.6 Å². The summed E-state index contributed by atoms with van der Waals surface area (Å²) in [7, 11) is 2.87. The fourth-order valence-electron chi connectivity index (χ4n) is 2.64. The zero-order valence-corrected chi connectivity index (χ0v) is 12.9. The fourth-order valence-corrected chi connectivity index (χ4v) is 2.64. The summed E-state index contributed by atoms with van der Waals surface area (Å²) in [6, 6.07) is 6.29. The largest absolute Gasteiger partial charge is 0.481 e. The van der Waals surface area contributed by atoms with Crippen molar-refractivity contribution in [3.63, 3.8) is 0 Å². The van der Waals surface area contributed by atoms with E-state index in [0.29, 0.717) is 12.2 Å². The number of hydrogen-bond donors (Lipinski definition) is 0. The number of aryl methyl sites for hydroxylation is 1. The van der Waals surface area contributed by atoms with Crippen molar-refractivity contribution in [1.29, 1.82) is 0 Å². The number of carbonyl (C=O) groups excluding carboxylic acids is 1. The van der Waals surface area contributed by atoms with E-state index in [-0.39, 0.29) is 17.6 Å². The molecule has 0 saturated carbocycles. The minimum absolute atomic E-state index is 0.0858. The van der Waals surface area contributed by atoms with Crippen LogP contribution in [0.15, 0.2) is 24.3 Å². The van der Waals surface area contributed by atoms with E-state index in [9.17, 15) is 9.18 Å². The molecule has 6 nitrogen and oxygen atoms in total. The van der Waals surface area contributed by atoms with E-state index >= 15 is 0 Å². The third-order valence-electron chi connectivity index (χ3n) is 3.70. The number of nitrogens with zero attached hydrogens (tertiary/aromatic N) is 3. The van der Waals surface area contributed by atoms with Crippen LogP contribution in [0.5, 0.6) is 11.8 Å². The van der Waals surface area contributed by atoms with E-state index in [4.69, 9.17) is 9.47 Å². The molecule has 0 N–H and O–H groups in total. The van der Waals surface area contributed by atoms with Crippen molar-refractivity contribution >= 4 is 11.6 Å². The Bertz CT molecular complexity index is 729. The third-order valence-corrected chi connectivity index (χ3v) is 3.70. The number of ether oxygens (including phenoxy) is 2. The molecule has 0 saturated heterocycles. The van der Waals surface area contributed by atoms with Crippen molar-refractivity contribution in [3.05, 3.63) is 41.5 Å². The highest BCUT2D eigenvalue weighted by Crippen LogP contribution is 2.31. The Labute approximate surface area is 132 Å². The highest BCUT2D eigenvalue weighted by molar-refractivity contribution is 6.04. The number of rotatable bonds is 3. The molecule has 0 unspecified atom stereocenters. The highest BCUT2D eigenvalue weighted by Gasteiger charge is 2.28. The Balaban J connectivity index is 2.03. The molecule has 120 valence electrons. The Morgan fingerprint density at radius 1 is 1.22 bits per heavy atom. The van der Waals surface area contributed by atoms with Gasteiger partial charge in [-0.15, -0.1) is 0 Å². The Hall–Kier alpha value is -2.70. The molecule has 3 rings (SSSR count). The van der Waals surface area contributed by atoms with Gasteiger partial charge in [-0.1, -0.05) is 12.1 Å². The van der Waals surface area contributed by atoms with Gasteiger partial charge in [-0.25, -0.2) is 4.39 Å². The number of hydrogen-bond acceptors (Lipinski definition) is 5. The minimum atomic E-state index is -0.478. The molecule has 1 aromatic carbocycles. The molecule has 0 atom stereocenters. The van der Waals surface area contributed by atoms with Crippen LogP contribution in [0.3, 0.4) is 0 Å². The van der Waals surface area contributed by atoms with Gasteiger partial charge in [0, 0.05) is 6.54 Å². The molecule has 1 amide bonds. The topological polar surface area (TPSA) is 64.6 Å². The maximum absolute atomic E-state index is 14.2. The summed E-state index contributed by atoms with van der Waals surface area (Å²) in [5.41, 5.74) is 1.11. The molecule has 0 spiro atoms. The quantitative estimate of drug-likeness (QED) is 0.868. The second-order valence-corrected chi connectivity index (χ2v) is 5.08. The van der Waals surface area contributed by atoms with E-state index in [1.165, 1.54) is 31.3 Å². The standard InChI is InChI=1S/C16H16FN3O3/c1-22-12-9-13(23-2)19-15(18-12)16(21)20-8-4-6-10-5-3-7-11(17)14(10)20/h3,5,7,9H,4,6,8H2,1-2H3. The first-order valence-corrected chi connectivity index (χ1v) is 7.20. The lowest BCUT2D eigenvalue weighted by Crippen LogP contribution is -2.37. The molecule has 1 aliphatic heterocycles. The van der Waals surface area contributed by atoms with Gasteiger partial charge in [-0.05, 0) is 24.5 Å². The van der Waals surface area contributed by atoms with E-state index < -0.39 is 11.7 Å². The zero-order chi connectivity index (χ0) is 16.4. The number of carbonyl (C=O) groups is 1. The van der Waals surface area contributed by atoms with Crippen LogP contribution in [0.25, 0.3) is 0 Å². The van der Waals surface area contributed by atoms with Crippen LogP contribution in [-0.2, 0) is 6.42 Å². The van der Waals surface area contributed by atoms with E-state index in [1.807, 2.05) is 6.07 Å². The van der Waals surface area contributed by atoms with E-state index in [1.54, 1.807) is 6.07 Å². The molecule has 2 aromatic rings. The van der Waals surface area contributed by atoms with Gasteiger partial charge in [-0.3, -0.25) is 4.79 Å². The van der Waals surface area contributed by atoms with Crippen molar-refractivity contribution in [2.75, 3.05) is 25.7 Å². The number of para-hydroxylation sites is 1. The van der Waals surface area contributed by atoms with Crippen LogP contribution in [0, 0.1) is 5.82 Å². The number of benzene rings is 1. The molecule has 7 heteroatoms. The number of fused-ring (bicyclic) bond motifs is 1. The second kappa shape index (κ2) is 6.20. The summed E-state index contributed by atoms with van der Waals surface area (Å²) in [5.74, 6) is -0.562. The lowest BCUT2D eigenvalue weighted by Gasteiger charge is -2.29. The van der Waals surface area contributed by atoms with Gasteiger partial charge in [0.15, 0.2) is 0 Å². The van der Waals surface area contributed by atoms with Crippen molar-refractivity contribution in [2.45, 2.75) is 12.8 Å². The van der Waals surface area contributed by atoms with Gasteiger partial charge in [-0.2, -0.15) is 9.97 Å². The van der Waals surface area contributed by atoms with Crippen LogP contribution >= 0.6 is 0 Å². The predicted molar refractivity (Wildman–Crippen MR) is 81.5 cm³/mol. The van der Waals surface area contributed by atoms with Gasteiger partial charge >= 0.3 is 0 Å². The minimum Gasteiger partial charge on any atom is -0.481 e. The molecular weight excluding hydrogens is 301 g/mol. The van der Waals surface area contributed by atoms with Gasteiger partial charge in [0.25, 0.3) is 5.91 Å². The summed E-state index contributed by atoms with van der Waals surface area (Å²) in [4.78, 5) is 22.3. The summed E-state index contributed by atoms with van der Waals surface area (Å²) < 4.78 is 24.3. The van der Waals surface area contributed by atoms with Gasteiger partial charge in [0.1, 0.15) is 5.82 Å². The van der Waals surface area contributed by atoms with Crippen LogP contribution in [0.4, 0.5) is 10.1 Å². The molecule has 0 fully saturated rings. The zero-order valence-electron chi connectivity index (χ0n) is 12.9. The molecule has 0 bridgehead atoms. The smallest absolute Gasteiger partial charge is 0.296 e. The van der Waals surface area contributed by atoms with Gasteiger partial charge in [0.05, 0.1) is 26.0 Å². The summed E-state index contributed by atoms with van der Waals surface area (Å²) in [5, 5.41) is 0. The Kier molecular flexibility index (Phi) is 4.10. The van der Waals surface area contributed by atoms with Crippen molar-refractivity contribution in [2.24, 2.45) is 0 Å². The Morgan fingerprint density at radius 3 is 2.57 bits per heavy atom. The average Bonchev–Trinajstić information content (AvgIpc) is 2.60. The van der Waals surface area contributed by atoms with E-state index in [0.717, 1.165) is 18.4 Å². The molecule has 23 heavy (non-hydrogen) atoms. The monoisotopic (exact) mass is 317 g/mol. The fraction of sp³-hybridized carbons (Fsp3) is 0.312. The molecule has 0 aliphatic carbocycles. The predicted octanol–water partition coefficient (Wildman–Crippen LogP) is 2.23. The number of aromatic nitrogens is 2. The normalized spacial score (nSPS) is 13.4. The first-order chi connectivity index (χ1) is 11.1. The molecular formula is C16H16FN3O3. The molecule has 0 radical (unpaired) electrons. The number of amides is 1. The number of anilines is 1. The van der Waals surface area contributed by atoms with Crippen molar-refractivity contribution in [3.8, 4) is 11.8 Å². The van der Waals surface area contributed by atoms with Gasteiger partial charge < -0.3 is 14.4 Å². The maximum atomic E-state index is 14.2. The van der Waals surface area contributed by atoms with Crippen LogP contribution in [0.2, 0.25) is 0 Å². The van der Waals surface area contributed by atoms with Crippen LogP contribution in [0.1, 0.15) is 22.6 Å². The van der Waals surface area contributed by atoms with Crippen molar-refractivity contribution < 1.29 is 18.7 Å². The first kappa shape index (κ1) is 15.2. The van der Waals surface area contributed by atoms with Crippen LogP contribution < -0.4 is 14.4 Å². The first-order valence-electron chi connectivity index (χ1n) is 7.20. The third kappa shape index (κ3) is 2.81. The number of methoxy groups -OCH3 is 2. The summed E-state index contributed by atoms with van der Waals surface area (Å²) in [6.45, 7) is 0.412. The lowest BCUT2D eigenvalue weighted by atomic mass is 10.0. The lowest BCUT2D eigenvalue weighted by molar-refractivity contribution is 0.0972. The second-order valence-electron chi connectivity index (χ2n) is 5.08. The summed E-state index contributed by atoms with van der Waals surface area (Å²) >= 11 is 0. The molecule has 1 aliphatic rings. The highest BCUT2D eigenvalue weighted by atomic mass is 19.1.